The van der Waals surface area contributed by atoms with E-state index in [1.54, 1.807) is 36.4 Å². The molecule has 0 radical (unpaired) electrons. The maximum atomic E-state index is 12.6. The van der Waals surface area contributed by atoms with Gasteiger partial charge in [-0.15, -0.1) is 0 Å². The first-order chi connectivity index (χ1) is 12.0. The van der Waals surface area contributed by atoms with Gasteiger partial charge in [0.15, 0.2) is 0 Å². The van der Waals surface area contributed by atoms with Gasteiger partial charge < -0.3 is 5.32 Å². The quantitative estimate of drug-likeness (QED) is 0.766. The Morgan fingerprint density at radius 3 is 2.48 bits per heavy atom. The van der Waals surface area contributed by atoms with Crippen molar-refractivity contribution in [2.24, 2.45) is 0 Å². The van der Waals surface area contributed by atoms with Crippen molar-refractivity contribution >= 4 is 37.5 Å². The Morgan fingerprint density at radius 2 is 1.76 bits per heavy atom. The highest BCUT2D eigenvalue weighted by Crippen LogP contribution is 2.23. The lowest BCUT2D eigenvalue weighted by Crippen LogP contribution is -2.33. The van der Waals surface area contributed by atoms with Crippen LogP contribution in [0.15, 0.2) is 57.9 Å². The average molecular weight is 423 g/mol. The molecule has 1 aliphatic rings. The van der Waals surface area contributed by atoms with E-state index in [9.17, 15) is 13.2 Å². The van der Waals surface area contributed by atoms with Crippen molar-refractivity contribution < 1.29 is 13.2 Å². The van der Waals surface area contributed by atoms with Crippen LogP contribution in [0.5, 0.6) is 0 Å². The first-order valence-corrected chi connectivity index (χ1v) is 10.4. The number of nitrogens with one attached hydrogen (secondary N) is 2. The Morgan fingerprint density at radius 1 is 1.04 bits per heavy atom. The van der Waals surface area contributed by atoms with Crippen molar-refractivity contribution in [3.63, 3.8) is 0 Å². The monoisotopic (exact) mass is 422 g/mol. The lowest BCUT2D eigenvalue weighted by atomic mass is 10.1. The summed E-state index contributed by atoms with van der Waals surface area (Å²) in [7, 11) is -3.78. The number of carbonyl (C=O) groups excluding carboxylic acids is 1. The molecule has 1 aliphatic carbocycles. The van der Waals surface area contributed by atoms with Crippen LogP contribution in [0.3, 0.4) is 0 Å². The van der Waals surface area contributed by atoms with Gasteiger partial charge in [0, 0.05) is 10.5 Å². The zero-order valence-electron chi connectivity index (χ0n) is 13.5. The van der Waals surface area contributed by atoms with Gasteiger partial charge in [-0.25, -0.2) is 8.42 Å². The smallest absolute Gasteiger partial charge is 0.261 e. The second kappa shape index (κ2) is 7.58. The summed E-state index contributed by atoms with van der Waals surface area (Å²) < 4.78 is 28.4. The van der Waals surface area contributed by atoms with Crippen molar-refractivity contribution in [1.29, 1.82) is 0 Å². The molecule has 0 aliphatic heterocycles. The zero-order chi connectivity index (χ0) is 17.9. The van der Waals surface area contributed by atoms with Crippen LogP contribution in [-0.2, 0) is 10.0 Å². The Kier molecular flexibility index (Phi) is 5.44. The second-order valence-electron chi connectivity index (χ2n) is 6.06. The minimum absolute atomic E-state index is 0.132. The maximum absolute atomic E-state index is 12.6. The van der Waals surface area contributed by atoms with E-state index in [0.29, 0.717) is 10.0 Å². The zero-order valence-corrected chi connectivity index (χ0v) is 15.9. The van der Waals surface area contributed by atoms with Gasteiger partial charge in [-0.1, -0.05) is 47.0 Å². The summed E-state index contributed by atoms with van der Waals surface area (Å²) in [6.07, 6.45) is 4.17. The number of amides is 1. The van der Waals surface area contributed by atoms with Crippen LogP contribution in [0, 0.1) is 0 Å². The molecule has 0 saturated heterocycles. The minimum Gasteiger partial charge on any atom is -0.349 e. The van der Waals surface area contributed by atoms with Gasteiger partial charge in [-0.3, -0.25) is 9.52 Å². The maximum Gasteiger partial charge on any atom is 0.261 e. The number of rotatable bonds is 5. The summed E-state index contributed by atoms with van der Waals surface area (Å²) in [6, 6.07) is 13.2. The largest absolute Gasteiger partial charge is 0.349 e. The predicted octanol–water partition coefficient (Wildman–Crippen LogP) is 3.92. The molecule has 1 fully saturated rings. The third-order valence-electron chi connectivity index (χ3n) is 4.21. The highest BCUT2D eigenvalue weighted by molar-refractivity contribution is 9.10. The molecular weight excluding hydrogens is 404 g/mol. The van der Waals surface area contributed by atoms with E-state index < -0.39 is 10.0 Å². The normalized spacial score (nSPS) is 15.1. The first-order valence-electron chi connectivity index (χ1n) is 8.14. The molecule has 0 aromatic heterocycles. The van der Waals surface area contributed by atoms with Gasteiger partial charge in [0.05, 0.1) is 16.1 Å². The number of benzene rings is 2. The Bertz CT molecular complexity index is 877. The number of para-hydroxylation sites is 1. The molecule has 1 saturated carbocycles. The third kappa shape index (κ3) is 4.41. The van der Waals surface area contributed by atoms with Gasteiger partial charge in [0.2, 0.25) is 0 Å². The molecule has 2 aromatic carbocycles. The number of hydrogen-bond donors (Lipinski definition) is 2. The molecule has 5 nitrogen and oxygen atoms in total. The summed E-state index contributed by atoms with van der Waals surface area (Å²) in [4.78, 5) is 12.7. The van der Waals surface area contributed by atoms with Gasteiger partial charge in [0.25, 0.3) is 15.9 Å². The summed E-state index contributed by atoms with van der Waals surface area (Å²) in [5, 5.41) is 2.99. The van der Waals surface area contributed by atoms with Crippen LogP contribution in [0.2, 0.25) is 0 Å². The Hall–Kier alpha value is -1.86. The molecule has 1 amide bonds. The van der Waals surface area contributed by atoms with E-state index in [0.717, 1.165) is 25.7 Å². The summed E-state index contributed by atoms with van der Waals surface area (Å²) in [6.45, 7) is 0. The van der Waals surface area contributed by atoms with Crippen molar-refractivity contribution in [2.45, 2.75) is 36.6 Å². The number of hydrogen-bond acceptors (Lipinski definition) is 3. The summed E-state index contributed by atoms with van der Waals surface area (Å²) >= 11 is 3.27. The van der Waals surface area contributed by atoms with Gasteiger partial charge in [-0.2, -0.15) is 0 Å². The topological polar surface area (TPSA) is 75.3 Å². The summed E-state index contributed by atoms with van der Waals surface area (Å²) in [5.41, 5.74) is 0.603. The molecule has 0 bridgehead atoms. The highest BCUT2D eigenvalue weighted by atomic mass is 79.9. The van der Waals surface area contributed by atoms with Crippen LogP contribution in [0.25, 0.3) is 0 Å². The summed E-state index contributed by atoms with van der Waals surface area (Å²) in [5.74, 6) is -0.251. The molecular formula is C18H19BrN2O3S. The number of halogens is 1. The van der Waals surface area contributed by atoms with Crippen LogP contribution in [-0.4, -0.2) is 20.4 Å². The molecule has 2 aromatic rings. The molecule has 0 atom stereocenters. The molecule has 132 valence electrons. The van der Waals surface area contributed by atoms with E-state index in [4.69, 9.17) is 0 Å². The van der Waals surface area contributed by atoms with Crippen LogP contribution < -0.4 is 10.0 Å². The van der Waals surface area contributed by atoms with E-state index in [2.05, 4.69) is 26.0 Å². The van der Waals surface area contributed by atoms with Crippen molar-refractivity contribution in [2.75, 3.05) is 4.72 Å². The van der Waals surface area contributed by atoms with E-state index in [-0.39, 0.29) is 22.5 Å². The van der Waals surface area contributed by atoms with Crippen LogP contribution in [0.4, 0.5) is 5.69 Å². The highest BCUT2D eigenvalue weighted by Gasteiger charge is 2.22. The van der Waals surface area contributed by atoms with Gasteiger partial charge >= 0.3 is 0 Å². The number of sulfonamides is 1. The van der Waals surface area contributed by atoms with Gasteiger partial charge in [-0.05, 0) is 43.2 Å². The fourth-order valence-electron chi connectivity index (χ4n) is 2.94. The van der Waals surface area contributed by atoms with Crippen LogP contribution in [0.1, 0.15) is 36.0 Å². The van der Waals surface area contributed by atoms with Crippen LogP contribution >= 0.6 is 15.9 Å². The van der Waals surface area contributed by atoms with Crippen molar-refractivity contribution in [3.05, 3.63) is 58.6 Å². The predicted molar refractivity (Wildman–Crippen MR) is 101 cm³/mol. The molecule has 3 rings (SSSR count). The SMILES string of the molecule is O=C(NC1CCCC1)c1ccccc1NS(=O)(=O)c1cccc(Br)c1. The fourth-order valence-corrected chi connectivity index (χ4v) is 4.62. The fraction of sp³-hybridized carbons (Fsp3) is 0.278. The Balaban J connectivity index is 1.84. The van der Waals surface area contributed by atoms with Crippen molar-refractivity contribution in [3.8, 4) is 0 Å². The second-order valence-corrected chi connectivity index (χ2v) is 8.66. The molecule has 2 N–H and O–H groups in total. The molecule has 0 unspecified atom stereocenters. The number of carbonyl (C=O) groups is 1. The third-order valence-corrected chi connectivity index (χ3v) is 6.07. The lowest BCUT2D eigenvalue weighted by molar-refractivity contribution is 0.0939. The molecule has 0 spiro atoms. The van der Waals surface area contributed by atoms with E-state index in [1.165, 1.54) is 12.1 Å². The minimum atomic E-state index is -3.78. The van der Waals surface area contributed by atoms with Crippen molar-refractivity contribution in [1.82, 2.24) is 5.32 Å². The molecule has 0 heterocycles. The first kappa shape index (κ1) is 17.9. The molecule has 7 heteroatoms. The Labute approximate surface area is 156 Å². The average Bonchev–Trinajstić information content (AvgIpc) is 3.08. The number of anilines is 1. The van der Waals surface area contributed by atoms with Gasteiger partial charge in [0.1, 0.15) is 0 Å². The molecule has 25 heavy (non-hydrogen) atoms. The standard InChI is InChI=1S/C18H19BrN2O3S/c19-13-6-5-9-15(12-13)25(23,24)21-17-11-4-3-10-16(17)18(22)20-14-7-1-2-8-14/h3-6,9-12,14,21H,1-2,7-8H2,(H,20,22). The van der Waals surface area contributed by atoms with E-state index in [1.807, 2.05) is 0 Å². The van der Waals surface area contributed by atoms with E-state index >= 15 is 0 Å². The lowest BCUT2D eigenvalue weighted by Gasteiger charge is -2.15.